The number of para-hydroxylation sites is 2. The van der Waals surface area contributed by atoms with Crippen molar-refractivity contribution in [1.82, 2.24) is 0 Å². The van der Waals surface area contributed by atoms with E-state index >= 15 is 0 Å². The van der Waals surface area contributed by atoms with Gasteiger partial charge in [-0.05, 0) is 42.1 Å². The van der Waals surface area contributed by atoms with Crippen molar-refractivity contribution in [3.63, 3.8) is 0 Å². The lowest BCUT2D eigenvalue weighted by Gasteiger charge is -2.17. The summed E-state index contributed by atoms with van der Waals surface area (Å²) in [4.78, 5) is 1.05. The van der Waals surface area contributed by atoms with Gasteiger partial charge in [-0.3, -0.25) is 14.0 Å². The monoisotopic (exact) mass is 720 g/mol. The summed E-state index contributed by atoms with van der Waals surface area (Å²) >= 11 is 0. The number of nitriles is 1. The lowest BCUT2D eigenvalue weighted by Crippen LogP contribution is -2.39. The summed E-state index contributed by atoms with van der Waals surface area (Å²) in [7, 11) is -9.59. The maximum atomic E-state index is 12.7. The number of oxazole rings is 1. The highest BCUT2D eigenvalue weighted by Crippen LogP contribution is 2.47. The van der Waals surface area contributed by atoms with E-state index in [0.717, 1.165) is 15.7 Å². The summed E-state index contributed by atoms with van der Waals surface area (Å²) in [5, 5.41) is 12.0. The molecule has 4 heterocycles. The Hall–Kier alpha value is -6.36. The minimum atomic E-state index is -4.98. The van der Waals surface area contributed by atoms with E-state index in [1.807, 2.05) is 36.4 Å². The molecule has 0 radical (unpaired) electrons. The summed E-state index contributed by atoms with van der Waals surface area (Å²) in [6.07, 6.45) is 2.37. The number of anilines is 1. The van der Waals surface area contributed by atoms with Crippen molar-refractivity contribution in [2.75, 3.05) is 4.90 Å². The van der Waals surface area contributed by atoms with E-state index in [2.05, 4.69) is 18.0 Å². The number of rotatable bonds is 7. The smallest absolute Gasteiger partial charge is 0.375 e. The topological polar surface area (TPSA) is 188 Å². The molecule has 252 valence electrons. The van der Waals surface area contributed by atoms with Crippen LogP contribution in [0.3, 0.4) is 0 Å². The minimum Gasteiger partial charge on any atom is -0.456 e. The Bertz CT molecular complexity index is 3070. The van der Waals surface area contributed by atoms with Gasteiger partial charge < -0.3 is 18.0 Å². The Morgan fingerprint density at radius 2 is 1.49 bits per heavy atom. The highest BCUT2D eigenvalue weighted by molar-refractivity contribution is 7.90. The van der Waals surface area contributed by atoms with Crippen LogP contribution < -0.4 is 14.2 Å². The van der Waals surface area contributed by atoms with Crippen LogP contribution in [0.4, 0.5) is 5.69 Å². The fourth-order valence-electron chi connectivity index (χ4n) is 6.16. The van der Waals surface area contributed by atoms with Crippen molar-refractivity contribution in [3.8, 4) is 11.8 Å². The predicted octanol–water partition coefficient (Wildman–Crippen LogP) is 7.07. The van der Waals surface area contributed by atoms with Gasteiger partial charge in [-0.2, -0.15) is 22.1 Å². The van der Waals surface area contributed by atoms with Crippen LogP contribution in [-0.4, -0.2) is 25.9 Å². The second-order valence-corrected chi connectivity index (χ2v) is 14.2. The number of aromatic nitrogens is 1. The number of hydrogen-bond donors (Lipinski definition) is 2. The van der Waals surface area contributed by atoms with Gasteiger partial charge >= 0.3 is 26.1 Å². The molecule has 3 aromatic heterocycles. The van der Waals surface area contributed by atoms with Crippen LogP contribution in [0.5, 0.6) is 5.75 Å². The highest BCUT2D eigenvalue weighted by Gasteiger charge is 2.36. The third-order valence-corrected chi connectivity index (χ3v) is 9.56. The lowest BCUT2D eigenvalue weighted by molar-refractivity contribution is -0.658. The van der Waals surface area contributed by atoms with Crippen molar-refractivity contribution >= 4 is 87.0 Å². The van der Waals surface area contributed by atoms with E-state index in [1.165, 1.54) is 22.8 Å². The molecule has 0 saturated carbocycles. The van der Waals surface area contributed by atoms with Crippen LogP contribution >= 0.6 is 0 Å². The standard InChI is InChI=1S/C36H21N3O10S2/c1-2-7-36(51(43,44)45)39-27-19-31-25(23-9-4-6-11-29(23)47-31)17-33(27)49-35(39)15-21(12-13-37)14-34-38(20-50(40,41)42)26-18-30-24(16-32(26)48-34)22-8-3-5-10-28(22)46-30/h3-6,8-11,14-19H,1,12,20H2,(H-,40,41,42,43,44,45)/p+1. The molecule has 1 aliphatic rings. The molecule has 7 aromatic rings. The molecule has 1 aliphatic heterocycles. The van der Waals surface area contributed by atoms with Gasteiger partial charge in [-0.1, -0.05) is 42.1 Å². The average molecular weight is 721 g/mol. The normalized spacial score (nSPS) is 14.3. The lowest BCUT2D eigenvalue weighted by atomic mass is 10.1. The van der Waals surface area contributed by atoms with Gasteiger partial charge in [-0.25, -0.2) is 0 Å². The summed E-state index contributed by atoms with van der Waals surface area (Å²) in [6.45, 7) is 3.40. The van der Waals surface area contributed by atoms with E-state index in [0.29, 0.717) is 33.1 Å². The SMILES string of the molecule is C=C=C=C(N1C(=CC(=Cc2oc3cc4c(cc3[n+]2CS(=O)(=O)O)oc2ccccc24)CC#N)Oc2cc3c(cc21)oc1ccccc13)S(=O)(=O)O. The summed E-state index contributed by atoms with van der Waals surface area (Å²) in [5.41, 5.74) is 7.43. The minimum absolute atomic E-state index is 0.0794. The van der Waals surface area contributed by atoms with Crippen LogP contribution in [0.2, 0.25) is 0 Å². The second kappa shape index (κ2) is 11.6. The van der Waals surface area contributed by atoms with Crippen molar-refractivity contribution in [1.29, 1.82) is 5.26 Å². The molecule has 0 bridgehead atoms. The molecule has 0 unspecified atom stereocenters. The molecule has 0 fully saturated rings. The zero-order valence-corrected chi connectivity index (χ0v) is 27.7. The number of furan rings is 2. The predicted molar refractivity (Wildman–Crippen MR) is 186 cm³/mol. The van der Waals surface area contributed by atoms with Crippen LogP contribution in [-0.2, 0) is 26.1 Å². The highest BCUT2D eigenvalue weighted by atomic mass is 32.2. The average Bonchev–Trinajstić information content (AvgIpc) is 3.80. The fraction of sp³-hybridized carbons (Fsp3) is 0.0556. The number of nitrogens with zero attached hydrogens (tertiary/aromatic N) is 3. The Labute approximate surface area is 288 Å². The van der Waals surface area contributed by atoms with Crippen molar-refractivity contribution in [2.24, 2.45) is 0 Å². The Morgan fingerprint density at radius 3 is 2.12 bits per heavy atom. The molecule has 8 rings (SSSR count). The van der Waals surface area contributed by atoms with E-state index < -0.39 is 31.1 Å². The van der Waals surface area contributed by atoms with Crippen LogP contribution in [0.15, 0.2) is 127 Å². The van der Waals surface area contributed by atoms with Gasteiger partial charge in [0.15, 0.2) is 5.75 Å². The molecular formula is C36H22N3O10S2+. The fourth-order valence-corrected chi connectivity index (χ4v) is 7.38. The van der Waals surface area contributed by atoms with E-state index in [9.17, 15) is 31.2 Å². The molecule has 51 heavy (non-hydrogen) atoms. The quantitative estimate of drug-likeness (QED) is 0.0970. The molecule has 0 saturated heterocycles. The van der Waals surface area contributed by atoms with Gasteiger partial charge in [0.05, 0.1) is 30.3 Å². The van der Waals surface area contributed by atoms with E-state index in [1.54, 1.807) is 36.4 Å². The molecule has 0 amide bonds. The molecule has 4 aromatic carbocycles. The van der Waals surface area contributed by atoms with Crippen molar-refractivity contribution < 1.29 is 48.5 Å². The molecule has 15 heteroatoms. The van der Waals surface area contributed by atoms with Gasteiger partial charge in [0.1, 0.15) is 22.3 Å². The first-order valence-corrected chi connectivity index (χ1v) is 18.0. The number of ether oxygens (including phenoxy) is 1. The van der Waals surface area contributed by atoms with Gasteiger partial charge in [-0.15, -0.1) is 4.57 Å². The zero-order valence-electron chi connectivity index (χ0n) is 26.0. The molecular weight excluding hydrogens is 699 g/mol. The maximum absolute atomic E-state index is 12.7. The largest absolute Gasteiger partial charge is 0.456 e. The second-order valence-electron chi connectivity index (χ2n) is 11.5. The van der Waals surface area contributed by atoms with E-state index in [-0.39, 0.29) is 46.3 Å². The third-order valence-electron chi connectivity index (χ3n) is 8.20. The molecule has 0 spiro atoms. The van der Waals surface area contributed by atoms with Crippen LogP contribution in [0.25, 0.3) is 61.1 Å². The first-order valence-electron chi connectivity index (χ1n) is 15.0. The van der Waals surface area contributed by atoms with Gasteiger partial charge in [0, 0.05) is 33.7 Å². The van der Waals surface area contributed by atoms with Crippen LogP contribution in [0, 0.1) is 11.3 Å². The number of allylic oxidation sites excluding steroid dienone is 2. The van der Waals surface area contributed by atoms with Gasteiger partial charge in [0.25, 0.3) is 11.4 Å². The number of fused-ring (bicyclic) bond motifs is 8. The summed E-state index contributed by atoms with van der Waals surface area (Å²) < 4.78 is 95.3. The van der Waals surface area contributed by atoms with Crippen LogP contribution in [0.1, 0.15) is 12.3 Å². The number of benzene rings is 4. The van der Waals surface area contributed by atoms with E-state index in [4.69, 9.17) is 18.0 Å². The Balaban J connectivity index is 1.33. The zero-order chi connectivity index (χ0) is 35.7. The number of hydrogen-bond acceptors (Lipinski definition) is 10. The van der Waals surface area contributed by atoms with Crippen molar-refractivity contribution in [2.45, 2.75) is 12.3 Å². The Morgan fingerprint density at radius 1 is 0.843 bits per heavy atom. The van der Waals surface area contributed by atoms with Gasteiger partial charge in [0.2, 0.25) is 16.5 Å². The first-order chi connectivity index (χ1) is 24.4. The molecule has 0 atom stereocenters. The maximum Gasteiger partial charge on any atom is 0.375 e. The summed E-state index contributed by atoms with van der Waals surface area (Å²) in [5.74, 6) is -0.984. The summed E-state index contributed by atoms with van der Waals surface area (Å²) in [6, 6.07) is 23.1. The molecule has 2 N–H and O–H groups in total. The molecule has 0 aliphatic carbocycles. The first kappa shape index (κ1) is 31.9. The molecule has 13 nitrogen and oxygen atoms in total. The Kier molecular flexibility index (Phi) is 7.26. The van der Waals surface area contributed by atoms with Crippen molar-refractivity contribution in [3.05, 3.63) is 119 Å². The third kappa shape index (κ3) is 5.56.